The first-order valence-electron chi connectivity index (χ1n) is 12.1. The van der Waals surface area contributed by atoms with Gasteiger partial charge >= 0.3 is 0 Å². The number of rotatable bonds is 6. The molecular weight excluding hydrogens is 480 g/mol. The molecule has 6 rings (SSSR count). The van der Waals surface area contributed by atoms with E-state index in [2.05, 4.69) is 24.3 Å². The number of piperidine rings is 1. The lowest BCUT2D eigenvalue weighted by atomic mass is 9.97. The highest BCUT2D eigenvalue weighted by Gasteiger charge is 2.34. The summed E-state index contributed by atoms with van der Waals surface area (Å²) in [5.74, 6) is 2.79. The van der Waals surface area contributed by atoms with Crippen LogP contribution in [0.2, 0.25) is 0 Å². The van der Waals surface area contributed by atoms with Crippen molar-refractivity contribution >= 4 is 28.2 Å². The fraction of sp³-hybridized carbons (Fsp3) is 0.400. The van der Waals surface area contributed by atoms with Gasteiger partial charge in [0, 0.05) is 31.4 Å². The zero-order chi connectivity index (χ0) is 24.8. The summed E-state index contributed by atoms with van der Waals surface area (Å²) in [7, 11) is 0. The van der Waals surface area contributed by atoms with Gasteiger partial charge in [-0.3, -0.25) is 14.1 Å². The van der Waals surface area contributed by atoms with Gasteiger partial charge in [-0.25, -0.2) is 13.9 Å². The highest BCUT2D eigenvalue weighted by atomic mass is 32.2. The minimum Gasteiger partial charge on any atom is -0.488 e. The van der Waals surface area contributed by atoms with Crippen molar-refractivity contribution in [2.24, 2.45) is 5.92 Å². The number of nitrogens with one attached hydrogen (secondary N) is 1. The Morgan fingerprint density at radius 3 is 2.72 bits per heavy atom. The number of aryl methyl sites for hydroxylation is 2. The van der Waals surface area contributed by atoms with Gasteiger partial charge in [-0.05, 0) is 56.9 Å². The molecule has 1 aromatic carbocycles. The van der Waals surface area contributed by atoms with Crippen molar-refractivity contribution in [1.29, 1.82) is 0 Å². The zero-order valence-electron chi connectivity index (χ0n) is 20.2. The summed E-state index contributed by atoms with van der Waals surface area (Å²) in [5, 5.41) is 4.15. The maximum Gasteiger partial charge on any atom is 0.231 e. The van der Waals surface area contributed by atoms with E-state index < -0.39 is 11.3 Å². The summed E-state index contributed by atoms with van der Waals surface area (Å²) < 4.78 is 36.9. The van der Waals surface area contributed by atoms with Crippen LogP contribution in [0.1, 0.15) is 36.0 Å². The molecule has 11 heteroatoms. The molecule has 1 fully saturated rings. The average Bonchev–Trinajstić information content (AvgIpc) is 3.45. The van der Waals surface area contributed by atoms with Crippen molar-refractivity contribution in [3.05, 3.63) is 53.7 Å². The zero-order valence-corrected chi connectivity index (χ0v) is 21.0. The second-order valence-electron chi connectivity index (χ2n) is 9.40. The molecule has 188 valence electrons. The molecule has 2 N–H and O–H groups in total. The molecule has 0 spiro atoms. The van der Waals surface area contributed by atoms with Crippen LogP contribution in [0.4, 0.5) is 5.95 Å². The van der Waals surface area contributed by atoms with Crippen molar-refractivity contribution in [1.82, 2.24) is 24.4 Å². The normalized spacial score (nSPS) is 19.0. The molecule has 1 unspecified atom stereocenters. The van der Waals surface area contributed by atoms with Gasteiger partial charge in [-0.15, -0.1) is 0 Å². The molecule has 1 saturated heterocycles. The van der Waals surface area contributed by atoms with Crippen LogP contribution in [-0.4, -0.2) is 54.7 Å². The number of hydrogen-bond acceptors (Lipinski definition) is 7. The Morgan fingerprint density at radius 1 is 1.19 bits per heavy atom. The maximum absolute atomic E-state index is 11.0. The highest BCUT2D eigenvalue weighted by molar-refractivity contribution is 7.77. The van der Waals surface area contributed by atoms with Gasteiger partial charge in [-0.1, -0.05) is 11.2 Å². The summed E-state index contributed by atoms with van der Waals surface area (Å²) >= 11 is -1.98. The smallest absolute Gasteiger partial charge is 0.231 e. The first-order valence-corrected chi connectivity index (χ1v) is 13.2. The van der Waals surface area contributed by atoms with E-state index in [9.17, 15) is 4.21 Å². The Kier molecular flexibility index (Phi) is 5.98. The summed E-state index contributed by atoms with van der Waals surface area (Å²) in [6.45, 7) is 6.45. The van der Waals surface area contributed by atoms with Crippen LogP contribution in [0, 0.1) is 19.8 Å². The summed E-state index contributed by atoms with van der Waals surface area (Å²) in [6.07, 6.45) is 3.63. The van der Waals surface area contributed by atoms with Crippen molar-refractivity contribution in [3.63, 3.8) is 0 Å². The van der Waals surface area contributed by atoms with Crippen LogP contribution >= 0.6 is 0 Å². The third-order valence-electron chi connectivity index (χ3n) is 7.21. The van der Waals surface area contributed by atoms with Gasteiger partial charge in [0.25, 0.3) is 0 Å². The van der Waals surface area contributed by atoms with Crippen molar-refractivity contribution in [3.8, 4) is 16.9 Å². The van der Waals surface area contributed by atoms with E-state index >= 15 is 0 Å². The Morgan fingerprint density at radius 2 is 2.03 bits per heavy atom. The standard InChI is InChI=1S/C25H28N6O4S/c1-15-22(16(2)35-29-15)18-6-7-20-23-24(18)34-14-21(19-5-3-4-10-26-19)31(23)25(28-20)30-11-8-17(9-12-30)13-27-36(32)33/h3-7,10,17,21,27H,8-9,11-14H2,1-2H3,(H,32,33)/t21-/m1/s1. The third kappa shape index (κ3) is 3.97. The van der Waals surface area contributed by atoms with E-state index in [1.165, 1.54) is 0 Å². The van der Waals surface area contributed by atoms with Crippen molar-refractivity contribution < 1.29 is 18.0 Å². The van der Waals surface area contributed by atoms with Crippen molar-refractivity contribution in [2.75, 3.05) is 31.1 Å². The number of imidazole rings is 1. The minimum atomic E-state index is -1.98. The van der Waals surface area contributed by atoms with E-state index in [1.807, 2.05) is 50.4 Å². The maximum atomic E-state index is 11.0. The molecule has 2 atom stereocenters. The number of hydrogen-bond donors (Lipinski definition) is 2. The van der Waals surface area contributed by atoms with E-state index in [0.717, 1.165) is 76.9 Å². The number of anilines is 1. The van der Waals surface area contributed by atoms with Crippen LogP contribution in [0.15, 0.2) is 41.1 Å². The largest absolute Gasteiger partial charge is 0.488 e. The van der Waals surface area contributed by atoms with E-state index in [0.29, 0.717) is 19.1 Å². The predicted molar refractivity (Wildman–Crippen MR) is 136 cm³/mol. The molecule has 2 aliphatic rings. The SMILES string of the molecule is Cc1noc(C)c1-c1ccc2nc(N3CCC(CNS(=O)O)CC3)n3c2c1OC[C@@H]3c1ccccn1. The first kappa shape index (κ1) is 23.1. The van der Waals surface area contributed by atoms with E-state index in [4.69, 9.17) is 18.8 Å². The van der Waals surface area contributed by atoms with E-state index in [1.54, 1.807) is 0 Å². The van der Waals surface area contributed by atoms with Gasteiger partial charge < -0.3 is 14.2 Å². The van der Waals surface area contributed by atoms with Crippen LogP contribution in [-0.2, 0) is 11.3 Å². The summed E-state index contributed by atoms with van der Waals surface area (Å²) in [6, 6.07) is 9.90. The molecule has 36 heavy (non-hydrogen) atoms. The van der Waals surface area contributed by atoms with Crippen LogP contribution in [0.3, 0.4) is 0 Å². The Hall–Kier alpha value is -3.28. The Labute approximate surface area is 211 Å². The molecule has 0 saturated carbocycles. The monoisotopic (exact) mass is 508 g/mol. The lowest BCUT2D eigenvalue weighted by molar-refractivity contribution is 0.257. The van der Waals surface area contributed by atoms with Gasteiger partial charge in [0.05, 0.1) is 22.5 Å². The molecule has 4 aromatic rings. The molecule has 3 aromatic heterocycles. The number of pyridine rings is 1. The number of benzene rings is 1. The molecule has 0 aliphatic carbocycles. The van der Waals surface area contributed by atoms with Gasteiger partial charge in [-0.2, -0.15) is 0 Å². The molecule has 0 amide bonds. The van der Waals surface area contributed by atoms with E-state index in [-0.39, 0.29) is 6.04 Å². The molecule has 0 radical (unpaired) electrons. The topological polar surface area (TPSA) is 119 Å². The van der Waals surface area contributed by atoms with Gasteiger partial charge in [0.15, 0.2) is 5.75 Å². The number of aromatic nitrogens is 4. The first-order chi connectivity index (χ1) is 17.5. The van der Waals surface area contributed by atoms with Crippen LogP contribution in [0.5, 0.6) is 5.75 Å². The molecular formula is C25H28N6O4S. The Bertz CT molecular complexity index is 1410. The second-order valence-corrected chi connectivity index (χ2v) is 10.2. The summed E-state index contributed by atoms with van der Waals surface area (Å²) in [4.78, 5) is 12.0. The quantitative estimate of drug-likeness (QED) is 0.379. The molecule has 10 nitrogen and oxygen atoms in total. The molecule has 2 aliphatic heterocycles. The van der Waals surface area contributed by atoms with Crippen LogP contribution in [0.25, 0.3) is 22.2 Å². The predicted octanol–water partition coefficient (Wildman–Crippen LogP) is 3.63. The molecule has 5 heterocycles. The minimum absolute atomic E-state index is 0.116. The third-order valence-corrected chi connectivity index (χ3v) is 7.62. The van der Waals surface area contributed by atoms with Gasteiger partial charge in [0.2, 0.25) is 17.2 Å². The lowest BCUT2D eigenvalue weighted by Gasteiger charge is -2.35. The van der Waals surface area contributed by atoms with Crippen LogP contribution < -0.4 is 14.4 Å². The fourth-order valence-electron chi connectivity index (χ4n) is 5.43. The fourth-order valence-corrected chi connectivity index (χ4v) is 5.81. The average molecular weight is 509 g/mol. The number of ether oxygens (including phenoxy) is 1. The summed E-state index contributed by atoms with van der Waals surface area (Å²) in [5.41, 5.74) is 5.47. The Balaban J connectivity index is 1.45. The lowest BCUT2D eigenvalue weighted by Crippen LogP contribution is -2.39. The van der Waals surface area contributed by atoms with Gasteiger partial charge in [0.1, 0.15) is 23.9 Å². The molecule has 0 bridgehead atoms. The second kappa shape index (κ2) is 9.30. The highest BCUT2D eigenvalue weighted by Crippen LogP contribution is 2.46. The number of nitrogens with zero attached hydrogens (tertiary/aromatic N) is 5. The van der Waals surface area contributed by atoms with Crippen molar-refractivity contribution in [2.45, 2.75) is 32.7 Å².